The summed E-state index contributed by atoms with van der Waals surface area (Å²) in [5, 5.41) is 4.95. The molecule has 1 fully saturated rings. The van der Waals surface area contributed by atoms with Crippen LogP contribution in [0.25, 0.3) is 0 Å². The molecule has 178 valence electrons. The molecule has 0 radical (unpaired) electrons. The summed E-state index contributed by atoms with van der Waals surface area (Å²) in [6.45, 7) is 0.535. The van der Waals surface area contributed by atoms with E-state index in [2.05, 4.69) is 10.6 Å². The minimum Gasteiger partial charge on any atom is -0.497 e. The number of carbonyl (C=O) groups is 2. The summed E-state index contributed by atoms with van der Waals surface area (Å²) in [7, 11) is -2.39. The Labute approximate surface area is 191 Å². The average Bonchev–Trinajstić information content (AvgIpc) is 2.83. The monoisotopic (exact) mass is 479 g/mol. The van der Waals surface area contributed by atoms with Crippen molar-refractivity contribution in [1.29, 1.82) is 0 Å². The van der Waals surface area contributed by atoms with Gasteiger partial charge in [0.05, 0.1) is 25.2 Å². The van der Waals surface area contributed by atoms with Crippen molar-refractivity contribution in [2.24, 2.45) is 0 Å². The molecule has 1 heterocycles. The molecule has 0 aromatic heterocycles. The topological polar surface area (TPSA) is 114 Å². The summed E-state index contributed by atoms with van der Waals surface area (Å²) in [5.41, 5.74) is 0.966. The van der Waals surface area contributed by atoms with E-state index < -0.39 is 33.9 Å². The van der Waals surface area contributed by atoms with Crippen LogP contribution in [0.15, 0.2) is 53.4 Å². The van der Waals surface area contributed by atoms with Gasteiger partial charge in [-0.15, -0.1) is 0 Å². The molecule has 33 heavy (non-hydrogen) atoms. The SMILES string of the molecule is COc1ccc(CCNC(=O)C(=O)NCC2OCCCN2S(=O)(=O)c2ccc(F)cc2)cc1. The van der Waals surface area contributed by atoms with Crippen LogP contribution in [-0.4, -0.2) is 64.1 Å². The van der Waals surface area contributed by atoms with Gasteiger partial charge >= 0.3 is 11.8 Å². The molecule has 2 aromatic rings. The number of amides is 2. The second-order valence-corrected chi connectivity index (χ2v) is 9.20. The fraction of sp³-hybridized carbons (Fsp3) is 0.364. The molecule has 0 spiro atoms. The van der Waals surface area contributed by atoms with Gasteiger partial charge in [-0.3, -0.25) is 9.59 Å². The summed E-state index contributed by atoms with van der Waals surface area (Å²) in [6.07, 6.45) is 0.0136. The molecule has 2 aromatic carbocycles. The first-order chi connectivity index (χ1) is 15.8. The lowest BCUT2D eigenvalue weighted by molar-refractivity contribution is -0.140. The first kappa shape index (κ1) is 24.6. The van der Waals surface area contributed by atoms with Crippen LogP contribution in [0.2, 0.25) is 0 Å². The van der Waals surface area contributed by atoms with Gasteiger partial charge in [-0.1, -0.05) is 12.1 Å². The number of sulfonamides is 1. The largest absolute Gasteiger partial charge is 0.497 e. The summed E-state index contributed by atoms with van der Waals surface area (Å²) in [6, 6.07) is 11.8. The van der Waals surface area contributed by atoms with Crippen molar-refractivity contribution in [3.8, 4) is 5.75 Å². The van der Waals surface area contributed by atoms with E-state index >= 15 is 0 Å². The van der Waals surface area contributed by atoms with Gasteiger partial charge in [0, 0.05) is 13.1 Å². The summed E-state index contributed by atoms with van der Waals surface area (Å²) in [4.78, 5) is 24.2. The summed E-state index contributed by atoms with van der Waals surface area (Å²) >= 11 is 0. The molecule has 3 rings (SSSR count). The van der Waals surface area contributed by atoms with E-state index in [0.29, 0.717) is 19.4 Å². The van der Waals surface area contributed by atoms with Crippen LogP contribution in [-0.2, 0) is 30.8 Å². The average molecular weight is 480 g/mol. The van der Waals surface area contributed by atoms with Crippen molar-refractivity contribution in [3.05, 3.63) is 59.9 Å². The molecule has 1 aliphatic rings. The van der Waals surface area contributed by atoms with Crippen LogP contribution in [0, 0.1) is 5.82 Å². The molecule has 0 bridgehead atoms. The van der Waals surface area contributed by atoms with Crippen molar-refractivity contribution >= 4 is 21.8 Å². The van der Waals surface area contributed by atoms with Gasteiger partial charge < -0.3 is 20.1 Å². The highest BCUT2D eigenvalue weighted by Gasteiger charge is 2.35. The Hall–Kier alpha value is -3.02. The van der Waals surface area contributed by atoms with Gasteiger partial charge in [0.2, 0.25) is 10.0 Å². The quantitative estimate of drug-likeness (QED) is 0.547. The maximum Gasteiger partial charge on any atom is 0.309 e. The van der Waals surface area contributed by atoms with Crippen LogP contribution >= 0.6 is 0 Å². The van der Waals surface area contributed by atoms with Crippen molar-refractivity contribution < 1.29 is 31.9 Å². The van der Waals surface area contributed by atoms with Crippen molar-refractivity contribution in [2.75, 3.05) is 33.4 Å². The lowest BCUT2D eigenvalue weighted by Gasteiger charge is -2.34. The van der Waals surface area contributed by atoms with Gasteiger partial charge in [0.25, 0.3) is 0 Å². The number of benzene rings is 2. The van der Waals surface area contributed by atoms with E-state index in [1.54, 1.807) is 19.2 Å². The third-order valence-electron chi connectivity index (χ3n) is 5.08. The minimum atomic E-state index is -3.97. The minimum absolute atomic E-state index is 0.0815. The van der Waals surface area contributed by atoms with Crippen molar-refractivity contribution in [3.63, 3.8) is 0 Å². The van der Waals surface area contributed by atoms with E-state index in [4.69, 9.17) is 9.47 Å². The number of nitrogens with zero attached hydrogens (tertiary/aromatic N) is 1. The summed E-state index contributed by atoms with van der Waals surface area (Å²) in [5.74, 6) is -1.54. The number of carbonyl (C=O) groups excluding carboxylic acids is 2. The highest BCUT2D eigenvalue weighted by Crippen LogP contribution is 2.22. The fourth-order valence-electron chi connectivity index (χ4n) is 3.30. The van der Waals surface area contributed by atoms with E-state index in [0.717, 1.165) is 27.8 Å². The highest BCUT2D eigenvalue weighted by atomic mass is 32.2. The second kappa shape index (κ2) is 11.2. The van der Waals surface area contributed by atoms with E-state index in [9.17, 15) is 22.4 Å². The van der Waals surface area contributed by atoms with Crippen LogP contribution in [0.3, 0.4) is 0 Å². The standard InChI is InChI=1S/C22H26FN3O6S/c1-31-18-7-3-16(4-8-18)11-12-24-21(27)22(28)25-15-20-26(13-2-14-32-20)33(29,30)19-9-5-17(23)6-10-19/h3-10,20H,2,11-15H2,1H3,(H,24,27)(H,25,28). The Morgan fingerprint density at radius 1 is 1.09 bits per heavy atom. The first-order valence-corrected chi connectivity index (χ1v) is 11.8. The van der Waals surface area contributed by atoms with Gasteiger partial charge in [-0.2, -0.15) is 4.31 Å². The number of hydrogen-bond acceptors (Lipinski definition) is 6. The molecule has 2 N–H and O–H groups in total. The summed E-state index contributed by atoms with van der Waals surface area (Å²) < 4.78 is 50.7. The number of rotatable bonds is 8. The van der Waals surface area contributed by atoms with Crippen molar-refractivity contribution in [2.45, 2.75) is 24.0 Å². The second-order valence-electron chi connectivity index (χ2n) is 7.31. The molecule has 9 nitrogen and oxygen atoms in total. The Morgan fingerprint density at radius 2 is 1.76 bits per heavy atom. The number of methoxy groups -OCH3 is 1. The number of nitrogens with one attached hydrogen (secondary N) is 2. The molecule has 2 amide bonds. The fourth-order valence-corrected chi connectivity index (χ4v) is 4.86. The zero-order valence-corrected chi connectivity index (χ0v) is 18.9. The van der Waals surface area contributed by atoms with E-state index in [-0.39, 0.29) is 24.5 Å². The van der Waals surface area contributed by atoms with Gasteiger partial charge in [0.1, 0.15) is 17.8 Å². The van der Waals surface area contributed by atoms with E-state index in [1.165, 1.54) is 12.1 Å². The molecule has 1 atom stereocenters. The lowest BCUT2D eigenvalue weighted by Crippen LogP contribution is -2.53. The zero-order valence-electron chi connectivity index (χ0n) is 18.1. The maximum atomic E-state index is 13.2. The molecular formula is C22H26FN3O6S. The number of halogens is 1. The molecular weight excluding hydrogens is 453 g/mol. The zero-order chi connectivity index (χ0) is 23.8. The molecule has 1 aliphatic heterocycles. The Bertz CT molecular complexity index is 1060. The van der Waals surface area contributed by atoms with Crippen LogP contribution in [0.1, 0.15) is 12.0 Å². The predicted octanol–water partition coefficient (Wildman–Crippen LogP) is 1.05. The normalized spacial score (nSPS) is 16.7. The van der Waals surface area contributed by atoms with E-state index in [1.807, 2.05) is 12.1 Å². The Kier molecular flexibility index (Phi) is 8.37. The Balaban J connectivity index is 1.51. The number of ether oxygens (including phenoxy) is 2. The molecule has 0 aliphatic carbocycles. The molecule has 1 unspecified atom stereocenters. The predicted molar refractivity (Wildman–Crippen MR) is 117 cm³/mol. The van der Waals surface area contributed by atoms with Crippen LogP contribution in [0.5, 0.6) is 5.75 Å². The van der Waals surface area contributed by atoms with Gasteiger partial charge in [0.15, 0.2) is 0 Å². The lowest BCUT2D eigenvalue weighted by atomic mass is 10.1. The smallest absolute Gasteiger partial charge is 0.309 e. The Morgan fingerprint density at radius 3 is 2.42 bits per heavy atom. The number of hydrogen-bond donors (Lipinski definition) is 2. The molecule has 1 saturated heterocycles. The molecule has 0 saturated carbocycles. The highest BCUT2D eigenvalue weighted by molar-refractivity contribution is 7.89. The van der Waals surface area contributed by atoms with Crippen molar-refractivity contribution in [1.82, 2.24) is 14.9 Å². The van der Waals surface area contributed by atoms with Crippen LogP contribution in [0.4, 0.5) is 4.39 Å². The van der Waals surface area contributed by atoms with Crippen LogP contribution < -0.4 is 15.4 Å². The van der Waals surface area contributed by atoms with Gasteiger partial charge in [-0.05, 0) is 54.8 Å². The van der Waals surface area contributed by atoms with Gasteiger partial charge in [-0.25, -0.2) is 12.8 Å². The maximum absolute atomic E-state index is 13.2. The molecule has 11 heteroatoms. The first-order valence-electron chi connectivity index (χ1n) is 10.4. The third kappa shape index (κ3) is 6.50. The third-order valence-corrected chi connectivity index (χ3v) is 6.98.